The van der Waals surface area contributed by atoms with Crippen LogP contribution in [0.2, 0.25) is 0 Å². The molecular weight excluding hydrogens is 196 g/mol. The Bertz CT molecular complexity index is 306. The zero-order valence-electron chi connectivity index (χ0n) is 9.19. The van der Waals surface area contributed by atoms with Crippen molar-refractivity contribution in [1.29, 1.82) is 0 Å². The predicted molar refractivity (Wildman–Crippen MR) is 54.7 cm³/mol. The third-order valence-electron chi connectivity index (χ3n) is 2.49. The van der Waals surface area contributed by atoms with E-state index in [1.54, 1.807) is 26.0 Å². The Morgan fingerprint density at radius 2 is 2.33 bits per heavy atom. The van der Waals surface area contributed by atoms with E-state index in [1.807, 2.05) is 0 Å². The molecule has 0 aromatic carbocycles. The van der Waals surface area contributed by atoms with Crippen molar-refractivity contribution in [2.75, 3.05) is 7.11 Å². The number of methoxy groups -OCH3 is 1. The van der Waals surface area contributed by atoms with Gasteiger partial charge < -0.3 is 14.6 Å². The lowest BCUT2D eigenvalue weighted by molar-refractivity contribution is -0.181. The average Bonchev–Trinajstić information content (AvgIpc) is 2.24. The number of hydrogen-bond donors (Lipinski definition) is 1. The largest absolute Gasteiger partial charge is 0.431 e. The molecule has 0 amide bonds. The Labute approximate surface area is 89.2 Å². The highest BCUT2D eigenvalue weighted by atomic mass is 16.6. The lowest BCUT2D eigenvalue weighted by Gasteiger charge is -2.32. The number of allylic oxidation sites excluding steroid dienone is 2. The molecule has 2 atom stereocenters. The molecule has 84 valence electrons. The number of carbonyl (C=O) groups excluding carboxylic acids is 1. The van der Waals surface area contributed by atoms with Gasteiger partial charge in [0.25, 0.3) is 0 Å². The molecule has 0 aromatic heterocycles. The summed E-state index contributed by atoms with van der Waals surface area (Å²) >= 11 is 0. The van der Waals surface area contributed by atoms with Gasteiger partial charge in [0.1, 0.15) is 5.76 Å². The van der Waals surface area contributed by atoms with Gasteiger partial charge in [-0.15, -0.1) is 0 Å². The summed E-state index contributed by atoms with van der Waals surface area (Å²) in [6.07, 6.45) is 5.10. The van der Waals surface area contributed by atoms with Gasteiger partial charge in [-0.05, 0) is 19.1 Å². The van der Waals surface area contributed by atoms with Crippen molar-refractivity contribution < 1.29 is 19.4 Å². The second kappa shape index (κ2) is 4.59. The number of hydrogen-bond acceptors (Lipinski definition) is 4. The molecule has 0 fully saturated rings. The summed E-state index contributed by atoms with van der Waals surface area (Å²) < 4.78 is 10.1. The van der Waals surface area contributed by atoms with Gasteiger partial charge in [0.15, 0.2) is 5.79 Å². The second-order valence-corrected chi connectivity index (χ2v) is 3.43. The van der Waals surface area contributed by atoms with E-state index >= 15 is 0 Å². The van der Waals surface area contributed by atoms with E-state index in [1.165, 1.54) is 13.2 Å². The standard InChI is InChI=1S/C11H16O4/c1-4-10(12)15-9-6-5-7-11(13,14-3)8(9)2/h5-8,13H,4H2,1-3H3. The summed E-state index contributed by atoms with van der Waals surface area (Å²) in [5.41, 5.74) is 0. The first-order valence-corrected chi connectivity index (χ1v) is 4.91. The van der Waals surface area contributed by atoms with Gasteiger partial charge in [0.05, 0.1) is 5.92 Å². The van der Waals surface area contributed by atoms with Gasteiger partial charge in [0, 0.05) is 13.5 Å². The first-order chi connectivity index (χ1) is 7.03. The monoisotopic (exact) mass is 212 g/mol. The van der Waals surface area contributed by atoms with E-state index in [-0.39, 0.29) is 5.97 Å². The number of ether oxygens (including phenoxy) is 2. The van der Waals surface area contributed by atoms with Crippen LogP contribution in [0.25, 0.3) is 0 Å². The Morgan fingerprint density at radius 1 is 1.67 bits per heavy atom. The third-order valence-corrected chi connectivity index (χ3v) is 2.49. The molecule has 2 unspecified atom stereocenters. The van der Waals surface area contributed by atoms with E-state index in [0.717, 1.165) is 0 Å². The number of esters is 1. The number of aliphatic hydroxyl groups is 1. The van der Waals surface area contributed by atoms with E-state index in [2.05, 4.69) is 0 Å². The lowest BCUT2D eigenvalue weighted by Crippen LogP contribution is -2.39. The van der Waals surface area contributed by atoms with E-state index in [0.29, 0.717) is 12.2 Å². The van der Waals surface area contributed by atoms with Crippen molar-refractivity contribution in [2.45, 2.75) is 26.1 Å². The SMILES string of the molecule is CCC(=O)OC1=CC=CC(O)(OC)C1C. The van der Waals surface area contributed by atoms with Crippen LogP contribution in [0.3, 0.4) is 0 Å². The van der Waals surface area contributed by atoms with Crippen LogP contribution in [0.15, 0.2) is 24.0 Å². The van der Waals surface area contributed by atoms with Crippen LogP contribution in [0.5, 0.6) is 0 Å². The van der Waals surface area contributed by atoms with Crippen molar-refractivity contribution >= 4 is 5.97 Å². The van der Waals surface area contributed by atoms with Crippen LogP contribution < -0.4 is 0 Å². The fourth-order valence-electron chi connectivity index (χ4n) is 1.34. The molecule has 1 aliphatic carbocycles. The summed E-state index contributed by atoms with van der Waals surface area (Å²) in [6, 6.07) is 0. The van der Waals surface area contributed by atoms with Crippen molar-refractivity contribution in [3.05, 3.63) is 24.0 Å². The topological polar surface area (TPSA) is 55.8 Å². The van der Waals surface area contributed by atoms with Crippen LogP contribution in [-0.2, 0) is 14.3 Å². The van der Waals surface area contributed by atoms with Crippen molar-refractivity contribution in [1.82, 2.24) is 0 Å². The summed E-state index contributed by atoms with van der Waals surface area (Å²) in [5.74, 6) is -1.68. The fraction of sp³-hybridized carbons (Fsp3) is 0.545. The Morgan fingerprint density at radius 3 is 2.87 bits per heavy atom. The van der Waals surface area contributed by atoms with Gasteiger partial charge in [-0.1, -0.05) is 13.0 Å². The highest BCUT2D eigenvalue weighted by molar-refractivity contribution is 5.70. The molecule has 1 aliphatic rings. The van der Waals surface area contributed by atoms with Crippen LogP contribution in [-0.4, -0.2) is 24.0 Å². The molecule has 0 saturated heterocycles. The van der Waals surface area contributed by atoms with Crippen LogP contribution in [0, 0.1) is 5.92 Å². The molecule has 4 heteroatoms. The second-order valence-electron chi connectivity index (χ2n) is 3.43. The minimum atomic E-state index is -1.39. The predicted octanol–water partition coefficient (Wildman–Crippen LogP) is 1.36. The van der Waals surface area contributed by atoms with E-state index in [9.17, 15) is 9.90 Å². The fourth-order valence-corrected chi connectivity index (χ4v) is 1.34. The molecule has 0 bridgehead atoms. The van der Waals surface area contributed by atoms with Crippen molar-refractivity contribution in [3.8, 4) is 0 Å². The smallest absolute Gasteiger partial charge is 0.310 e. The third kappa shape index (κ3) is 2.46. The van der Waals surface area contributed by atoms with Gasteiger partial charge >= 0.3 is 5.97 Å². The maximum absolute atomic E-state index is 11.1. The van der Waals surface area contributed by atoms with Crippen molar-refractivity contribution in [2.24, 2.45) is 5.92 Å². The molecule has 0 heterocycles. The number of rotatable bonds is 3. The molecular formula is C11H16O4. The molecule has 0 radical (unpaired) electrons. The summed E-state index contributed by atoms with van der Waals surface area (Å²) in [7, 11) is 1.41. The summed E-state index contributed by atoms with van der Waals surface area (Å²) in [4.78, 5) is 11.1. The molecule has 1 N–H and O–H groups in total. The zero-order valence-corrected chi connectivity index (χ0v) is 9.19. The van der Waals surface area contributed by atoms with Gasteiger partial charge in [-0.3, -0.25) is 4.79 Å². The highest BCUT2D eigenvalue weighted by Gasteiger charge is 2.37. The van der Waals surface area contributed by atoms with Crippen LogP contribution in [0.4, 0.5) is 0 Å². The Kier molecular flexibility index (Phi) is 3.66. The lowest BCUT2D eigenvalue weighted by atomic mass is 9.93. The maximum atomic E-state index is 11.1. The molecule has 15 heavy (non-hydrogen) atoms. The molecule has 0 spiro atoms. The molecule has 0 aromatic rings. The molecule has 0 aliphatic heterocycles. The Balaban J connectivity index is 2.79. The van der Waals surface area contributed by atoms with Gasteiger partial charge in [-0.2, -0.15) is 0 Å². The molecule has 4 nitrogen and oxygen atoms in total. The first kappa shape index (κ1) is 11.9. The van der Waals surface area contributed by atoms with E-state index < -0.39 is 11.7 Å². The van der Waals surface area contributed by atoms with E-state index in [4.69, 9.17) is 9.47 Å². The highest BCUT2D eigenvalue weighted by Crippen LogP contribution is 2.31. The normalized spacial score (nSPS) is 29.9. The van der Waals surface area contributed by atoms with Crippen molar-refractivity contribution in [3.63, 3.8) is 0 Å². The number of carbonyl (C=O) groups is 1. The molecule has 0 saturated carbocycles. The summed E-state index contributed by atoms with van der Waals surface area (Å²) in [6.45, 7) is 3.45. The van der Waals surface area contributed by atoms with Crippen LogP contribution >= 0.6 is 0 Å². The minimum Gasteiger partial charge on any atom is -0.431 e. The van der Waals surface area contributed by atoms with Gasteiger partial charge in [-0.25, -0.2) is 0 Å². The maximum Gasteiger partial charge on any atom is 0.310 e. The average molecular weight is 212 g/mol. The van der Waals surface area contributed by atoms with Gasteiger partial charge in [0.2, 0.25) is 0 Å². The van der Waals surface area contributed by atoms with Crippen LogP contribution in [0.1, 0.15) is 20.3 Å². The Hall–Kier alpha value is -1.13. The quantitative estimate of drug-likeness (QED) is 0.567. The first-order valence-electron chi connectivity index (χ1n) is 4.91. The zero-order chi connectivity index (χ0) is 11.5. The summed E-state index contributed by atoms with van der Waals surface area (Å²) in [5, 5.41) is 9.96. The minimum absolute atomic E-state index is 0.305. The molecule has 1 rings (SSSR count).